The van der Waals surface area contributed by atoms with Gasteiger partial charge in [0.2, 0.25) is 0 Å². The molecule has 3 aromatic carbocycles. The van der Waals surface area contributed by atoms with Crippen LogP contribution in [0.15, 0.2) is 71.7 Å². The van der Waals surface area contributed by atoms with Crippen LogP contribution in [-0.2, 0) is 13.6 Å². The van der Waals surface area contributed by atoms with E-state index in [1.807, 2.05) is 55.1 Å². The fourth-order valence-corrected chi connectivity index (χ4v) is 5.26. The average Bonchev–Trinajstić information content (AvgIpc) is 2.91. The number of ether oxygens (including phenoxy) is 1. The largest absolute Gasteiger partial charge is 0.496 e. The van der Waals surface area contributed by atoms with Crippen LogP contribution in [0.1, 0.15) is 27.0 Å². The number of halogens is 1. The zero-order valence-corrected chi connectivity index (χ0v) is 23.0. The van der Waals surface area contributed by atoms with Gasteiger partial charge in [-0.1, -0.05) is 30.3 Å². The van der Waals surface area contributed by atoms with Crippen LogP contribution in [0.2, 0.25) is 0 Å². The lowest BCUT2D eigenvalue weighted by molar-refractivity contribution is -0.00380. The number of nitrogens with zero attached hydrogens (tertiary/aromatic N) is 2. The fourth-order valence-electron chi connectivity index (χ4n) is 5.26. The van der Waals surface area contributed by atoms with Crippen molar-refractivity contribution in [1.82, 2.24) is 9.47 Å². The lowest BCUT2D eigenvalue weighted by Crippen LogP contribution is -2.49. The number of methoxy groups -OCH3 is 1. The number of hydrogen-bond acceptors (Lipinski definition) is 5. The zero-order valence-electron chi connectivity index (χ0n) is 23.0. The van der Waals surface area contributed by atoms with Gasteiger partial charge in [0.15, 0.2) is 0 Å². The van der Waals surface area contributed by atoms with E-state index in [9.17, 15) is 14.7 Å². The number of likely N-dealkylation sites (tertiary alicyclic amines) is 1. The van der Waals surface area contributed by atoms with Gasteiger partial charge in [0.25, 0.3) is 11.5 Å². The standard InChI is InChI=1S/C32H32FN3O4/c1-19-23(21-14-28(33)27(30(15-21)40-4)18-36-16-22(37)17-36)8-5-9-24(19)25-10-6-12-29(20(25)2)34-31(38)26-11-7-13-35(3)32(26)39/h5-15,22,37H,16-18H2,1-4H3,(H,34,38). The fraction of sp³-hybridized carbons (Fsp3) is 0.250. The Balaban J connectivity index is 1.48. The normalized spacial score (nSPS) is 13.7. The second kappa shape index (κ2) is 11.1. The molecule has 1 fully saturated rings. The number of hydrogen-bond donors (Lipinski definition) is 2. The van der Waals surface area contributed by atoms with E-state index in [2.05, 4.69) is 5.32 Å². The van der Waals surface area contributed by atoms with Crippen molar-refractivity contribution in [1.29, 1.82) is 0 Å². The van der Waals surface area contributed by atoms with Crippen LogP contribution >= 0.6 is 0 Å². The number of carbonyl (C=O) groups is 1. The van der Waals surface area contributed by atoms with Gasteiger partial charge in [0, 0.05) is 44.1 Å². The van der Waals surface area contributed by atoms with E-state index in [1.54, 1.807) is 25.4 Å². The predicted molar refractivity (Wildman–Crippen MR) is 154 cm³/mol. The Hall–Kier alpha value is -4.27. The summed E-state index contributed by atoms with van der Waals surface area (Å²) in [7, 11) is 3.14. The molecule has 0 atom stereocenters. The van der Waals surface area contributed by atoms with Gasteiger partial charge >= 0.3 is 0 Å². The first-order valence-electron chi connectivity index (χ1n) is 13.1. The summed E-state index contributed by atoms with van der Waals surface area (Å²) in [5, 5.41) is 12.5. The van der Waals surface area contributed by atoms with Crippen molar-refractivity contribution >= 4 is 11.6 Å². The van der Waals surface area contributed by atoms with Gasteiger partial charge in [-0.05, 0) is 77.6 Å². The Morgan fingerprint density at radius 2 is 1.70 bits per heavy atom. The van der Waals surface area contributed by atoms with Crippen LogP contribution < -0.4 is 15.6 Å². The number of β-amino-alcohol motifs (C(OH)–C–C–N with tert-alkyl or cyclic N) is 1. The molecule has 5 rings (SSSR count). The van der Waals surface area contributed by atoms with E-state index in [0.717, 1.165) is 27.8 Å². The molecule has 40 heavy (non-hydrogen) atoms. The molecule has 8 heteroatoms. The van der Waals surface area contributed by atoms with Crippen molar-refractivity contribution in [2.24, 2.45) is 7.05 Å². The maximum Gasteiger partial charge on any atom is 0.263 e. The Labute approximate surface area is 232 Å². The molecule has 206 valence electrons. The van der Waals surface area contributed by atoms with Crippen molar-refractivity contribution in [2.75, 3.05) is 25.5 Å². The van der Waals surface area contributed by atoms with Crippen molar-refractivity contribution in [3.63, 3.8) is 0 Å². The number of carbonyl (C=O) groups excluding carboxylic acids is 1. The number of anilines is 1. The summed E-state index contributed by atoms with van der Waals surface area (Å²) in [4.78, 5) is 27.3. The lowest BCUT2D eigenvalue weighted by Gasteiger charge is -2.36. The molecule has 1 amide bonds. The second-order valence-corrected chi connectivity index (χ2v) is 10.2. The molecule has 0 unspecified atom stereocenters. The molecule has 0 saturated carbocycles. The Bertz CT molecular complexity index is 1660. The molecule has 0 radical (unpaired) electrons. The maximum atomic E-state index is 15.4. The predicted octanol–water partition coefficient (Wildman–Crippen LogP) is 4.91. The molecular weight excluding hydrogens is 509 g/mol. The summed E-state index contributed by atoms with van der Waals surface area (Å²) < 4.78 is 22.3. The van der Waals surface area contributed by atoms with E-state index < -0.39 is 5.91 Å². The third-order valence-electron chi connectivity index (χ3n) is 7.58. The third kappa shape index (κ3) is 5.15. The molecule has 7 nitrogen and oxygen atoms in total. The van der Waals surface area contributed by atoms with Gasteiger partial charge in [-0.2, -0.15) is 0 Å². The van der Waals surface area contributed by atoms with Gasteiger partial charge < -0.3 is 19.7 Å². The van der Waals surface area contributed by atoms with E-state index in [1.165, 1.54) is 23.8 Å². The van der Waals surface area contributed by atoms with Crippen molar-refractivity contribution in [3.05, 3.63) is 105 Å². The van der Waals surface area contributed by atoms with E-state index in [4.69, 9.17) is 4.74 Å². The second-order valence-electron chi connectivity index (χ2n) is 10.2. The molecule has 1 saturated heterocycles. The monoisotopic (exact) mass is 541 g/mol. The first-order valence-corrected chi connectivity index (χ1v) is 13.1. The van der Waals surface area contributed by atoms with Crippen LogP contribution in [0.25, 0.3) is 22.3 Å². The van der Waals surface area contributed by atoms with Crippen molar-refractivity contribution < 1.29 is 19.0 Å². The first-order chi connectivity index (χ1) is 19.2. The number of aliphatic hydroxyl groups is 1. The number of aromatic nitrogens is 1. The average molecular weight is 542 g/mol. The van der Waals surface area contributed by atoms with Gasteiger partial charge in [-0.15, -0.1) is 0 Å². The third-order valence-corrected chi connectivity index (χ3v) is 7.58. The number of aryl methyl sites for hydroxylation is 1. The topological polar surface area (TPSA) is 83.8 Å². The van der Waals surface area contributed by atoms with Crippen LogP contribution in [0.5, 0.6) is 5.75 Å². The van der Waals surface area contributed by atoms with E-state index in [0.29, 0.717) is 42.2 Å². The minimum Gasteiger partial charge on any atom is -0.496 e. The number of rotatable bonds is 7. The molecule has 1 aliphatic rings. The quantitative estimate of drug-likeness (QED) is 0.347. The Morgan fingerprint density at radius 3 is 2.40 bits per heavy atom. The summed E-state index contributed by atoms with van der Waals surface area (Å²) >= 11 is 0. The summed E-state index contributed by atoms with van der Waals surface area (Å²) in [6.07, 6.45) is 1.24. The molecule has 0 spiro atoms. The molecule has 1 aliphatic heterocycles. The molecule has 0 bridgehead atoms. The Kier molecular flexibility index (Phi) is 7.56. The van der Waals surface area contributed by atoms with Gasteiger partial charge in [-0.25, -0.2) is 4.39 Å². The number of nitrogens with one attached hydrogen (secondary N) is 1. The van der Waals surface area contributed by atoms with Crippen molar-refractivity contribution in [3.8, 4) is 28.0 Å². The summed E-state index contributed by atoms with van der Waals surface area (Å²) in [5.41, 5.74) is 5.99. The van der Waals surface area contributed by atoms with Crippen LogP contribution in [-0.4, -0.2) is 46.8 Å². The number of aliphatic hydroxyl groups excluding tert-OH is 1. The first kappa shape index (κ1) is 27.3. The van der Waals surface area contributed by atoms with Gasteiger partial charge in [0.05, 0.1) is 13.2 Å². The smallest absolute Gasteiger partial charge is 0.263 e. The van der Waals surface area contributed by atoms with Crippen LogP contribution in [0.3, 0.4) is 0 Å². The van der Waals surface area contributed by atoms with Gasteiger partial charge in [0.1, 0.15) is 17.1 Å². The lowest BCUT2D eigenvalue weighted by atomic mass is 9.90. The summed E-state index contributed by atoms with van der Waals surface area (Å²) in [6, 6.07) is 18.1. The highest BCUT2D eigenvalue weighted by Gasteiger charge is 2.27. The minimum absolute atomic E-state index is 0.0673. The molecule has 0 aliphatic carbocycles. The maximum absolute atomic E-state index is 15.4. The Morgan fingerprint density at radius 1 is 1.02 bits per heavy atom. The number of pyridine rings is 1. The summed E-state index contributed by atoms with van der Waals surface area (Å²) in [6.45, 7) is 5.32. The van der Waals surface area contributed by atoms with Crippen molar-refractivity contribution in [2.45, 2.75) is 26.5 Å². The highest BCUT2D eigenvalue weighted by atomic mass is 19.1. The summed E-state index contributed by atoms with van der Waals surface area (Å²) in [5.74, 6) is -0.357. The van der Waals surface area contributed by atoms with Crippen LogP contribution in [0, 0.1) is 19.7 Å². The number of amides is 1. The van der Waals surface area contributed by atoms with Crippen LogP contribution in [0.4, 0.5) is 10.1 Å². The van der Waals surface area contributed by atoms with Gasteiger partial charge in [-0.3, -0.25) is 14.5 Å². The zero-order chi connectivity index (χ0) is 28.6. The molecule has 1 aromatic heterocycles. The SMILES string of the molecule is COc1cc(-c2cccc(-c3cccc(NC(=O)c4cccn(C)c4=O)c3C)c2C)cc(F)c1CN1CC(O)C1. The molecule has 4 aromatic rings. The highest BCUT2D eigenvalue weighted by molar-refractivity contribution is 6.05. The molecular formula is C32H32FN3O4. The highest BCUT2D eigenvalue weighted by Crippen LogP contribution is 2.38. The minimum atomic E-state index is -0.470. The van der Waals surface area contributed by atoms with E-state index >= 15 is 4.39 Å². The van der Waals surface area contributed by atoms with E-state index in [-0.39, 0.29) is 23.0 Å². The number of benzene rings is 3. The molecule has 2 heterocycles. The molecule has 2 N–H and O–H groups in total.